The van der Waals surface area contributed by atoms with E-state index < -0.39 is 11.7 Å². The molecule has 0 fully saturated rings. The van der Waals surface area contributed by atoms with Crippen LogP contribution in [0.2, 0.25) is 0 Å². The molecular formula is C12H11F3O2. The van der Waals surface area contributed by atoms with E-state index in [4.69, 9.17) is 10.2 Å². The van der Waals surface area contributed by atoms with Crippen molar-refractivity contribution >= 4 is 6.08 Å². The molecule has 0 aliphatic carbocycles. The number of benzene rings is 1. The fraction of sp³-hybridized carbons (Fsp3) is 0.250. The maximum absolute atomic E-state index is 12.4. The largest absolute Gasteiger partial charge is 0.416 e. The Morgan fingerprint density at radius 1 is 1.24 bits per heavy atom. The Morgan fingerprint density at radius 3 is 2.41 bits per heavy atom. The number of alkyl halides is 3. The van der Waals surface area contributed by atoms with Gasteiger partial charge in [-0.3, -0.25) is 0 Å². The third-order valence-corrected chi connectivity index (χ3v) is 2.04. The highest BCUT2D eigenvalue weighted by Crippen LogP contribution is 2.29. The quantitative estimate of drug-likeness (QED) is 0.800. The summed E-state index contributed by atoms with van der Waals surface area (Å²) in [4.78, 5) is 0. The zero-order valence-electron chi connectivity index (χ0n) is 8.83. The number of aliphatic hydroxyl groups excluding tert-OH is 2. The Bertz CT molecular complexity index is 437. The first-order valence-corrected chi connectivity index (χ1v) is 4.81. The highest BCUT2D eigenvalue weighted by atomic mass is 19.4. The average Bonchev–Trinajstić information content (AvgIpc) is 2.30. The van der Waals surface area contributed by atoms with Crippen LogP contribution >= 0.6 is 0 Å². The van der Waals surface area contributed by atoms with E-state index in [2.05, 4.69) is 5.73 Å². The lowest BCUT2D eigenvalue weighted by atomic mass is 10.1. The molecule has 5 heteroatoms. The minimum Gasteiger partial charge on any atom is -0.391 e. The van der Waals surface area contributed by atoms with E-state index in [1.165, 1.54) is 18.2 Å². The van der Waals surface area contributed by atoms with Crippen LogP contribution in [0.1, 0.15) is 11.1 Å². The first-order chi connectivity index (χ1) is 7.97. The number of halogens is 3. The molecule has 2 nitrogen and oxygen atoms in total. The molecule has 92 valence electrons. The van der Waals surface area contributed by atoms with Crippen LogP contribution in [0.25, 0.3) is 6.08 Å². The van der Waals surface area contributed by atoms with Crippen molar-refractivity contribution in [2.45, 2.75) is 6.18 Å². The Kier molecular flexibility index (Phi) is 4.52. The molecule has 0 atom stereocenters. The molecule has 0 unspecified atom stereocenters. The summed E-state index contributed by atoms with van der Waals surface area (Å²) in [6, 6.07) is 4.71. The Labute approximate surface area is 96.3 Å². The Hall–Kier alpha value is -1.55. The van der Waals surface area contributed by atoms with Crippen LogP contribution in [-0.2, 0) is 6.18 Å². The van der Waals surface area contributed by atoms with Gasteiger partial charge >= 0.3 is 6.18 Å². The second-order valence-corrected chi connectivity index (χ2v) is 3.33. The second kappa shape index (κ2) is 5.68. The van der Waals surface area contributed by atoms with Gasteiger partial charge in [-0.15, -0.1) is 5.73 Å². The third kappa shape index (κ3) is 4.07. The predicted octanol–water partition coefficient (Wildman–Crippen LogP) is 2.23. The predicted molar refractivity (Wildman–Crippen MR) is 57.1 cm³/mol. The van der Waals surface area contributed by atoms with Crippen molar-refractivity contribution in [2.75, 3.05) is 13.2 Å². The molecular weight excluding hydrogens is 233 g/mol. The molecule has 0 saturated heterocycles. The van der Waals surface area contributed by atoms with Crippen LogP contribution in [0, 0.1) is 0 Å². The highest BCUT2D eigenvalue weighted by molar-refractivity contribution is 5.50. The molecule has 1 rings (SSSR count). The number of aliphatic hydroxyl groups is 2. The molecule has 0 radical (unpaired) electrons. The molecule has 2 N–H and O–H groups in total. The summed E-state index contributed by atoms with van der Waals surface area (Å²) in [5.74, 6) is 0. The van der Waals surface area contributed by atoms with E-state index in [1.807, 2.05) is 0 Å². The van der Waals surface area contributed by atoms with Crippen molar-refractivity contribution < 1.29 is 23.4 Å². The van der Waals surface area contributed by atoms with Crippen molar-refractivity contribution in [3.05, 3.63) is 46.7 Å². The van der Waals surface area contributed by atoms with Gasteiger partial charge in [-0.1, -0.05) is 12.1 Å². The highest BCUT2D eigenvalue weighted by Gasteiger charge is 2.30. The maximum atomic E-state index is 12.4. The Balaban J connectivity index is 3.05. The fourth-order valence-electron chi connectivity index (χ4n) is 1.13. The average molecular weight is 244 g/mol. The minimum absolute atomic E-state index is 0.211. The van der Waals surface area contributed by atoms with Crippen molar-refractivity contribution in [1.29, 1.82) is 0 Å². The van der Waals surface area contributed by atoms with Gasteiger partial charge in [0.1, 0.15) is 0 Å². The summed E-state index contributed by atoms with van der Waals surface area (Å²) in [6.45, 7) is -0.766. The lowest BCUT2D eigenvalue weighted by molar-refractivity contribution is -0.137. The first kappa shape index (κ1) is 13.5. The van der Waals surface area contributed by atoms with E-state index in [0.717, 1.165) is 12.1 Å². The molecule has 17 heavy (non-hydrogen) atoms. The molecule has 0 heterocycles. The second-order valence-electron chi connectivity index (χ2n) is 3.33. The lowest BCUT2D eigenvalue weighted by Gasteiger charge is -2.06. The molecule has 0 aliphatic rings. The number of hydrogen-bond acceptors (Lipinski definition) is 2. The summed E-state index contributed by atoms with van der Waals surface area (Å²) >= 11 is 0. The fourth-order valence-corrected chi connectivity index (χ4v) is 1.13. The summed E-state index contributed by atoms with van der Waals surface area (Å²) < 4.78 is 37.1. The van der Waals surface area contributed by atoms with Crippen LogP contribution in [0.3, 0.4) is 0 Å². The minimum atomic E-state index is -4.38. The first-order valence-electron chi connectivity index (χ1n) is 4.81. The van der Waals surface area contributed by atoms with E-state index in [-0.39, 0.29) is 18.8 Å². The van der Waals surface area contributed by atoms with Crippen molar-refractivity contribution in [3.63, 3.8) is 0 Å². The van der Waals surface area contributed by atoms with Crippen LogP contribution in [-0.4, -0.2) is 23.4 Å². The van der Waals surface area contributed by atoms with Crippen LogP contribution in [0.4, 0.5) is 13.2 Å². The summed E-state index contributed by atoms with van der Waals surface area (Å²) in [5, 5.41) is 17.5. The van der Waals surface area contributed by atoms with Crippen molar-refractivity contribution in [3.8, 4) is 0 Å². The zero-order valence-corrected chi connectivity index (χ0v) is 8.83. The maximum Gasteiger partial charge on any atom is 0.416 e. The SMILES string of the molecule is OCC(=C=Cc1cccc(C(F)(F)F)c1)CO. The number of rotatable bonds is 3. The van der Waals surface area contributed by atoms with E-state index in [1.54, 1.807) is 0 Å². The number of hydrogen-bond donors (Lipinski definition) is 2. The lowest BCUT2D eigenvalue weighted by Crippen LogP contribution is -2.04. The van der Waals surface area contributed by atoms with Gasteiger partial charge in [0.25, 0.3) is 0 Å². The Morgan fingerprint density at radius 2 is 1.88 bits per heavy atom. The molecule has 0 aromatic heterocycles. The van der Waals surface area contributed by atoms with Gasteiger partial charge in [0, 0.05) is 5.57 Å². The normalized spacial score (nSPS) is 10.9. The van der Waals surface area contributed by atoms with Crippen molar-refractivity contribution in [2.24, 2.45) is 0 Å². The summed E-state index contributed by atoms with van der Waals surface area (Å²) in [6.07, 6.45) is -3.10. The molecule has 1 aromatic rings. The van der Waals surface area contributed by atoms with Gasteiger partial charge in [0.2, 0.25) is 0 Å². The zero-order chi connectivity index (χ0) is 12.9. The third-order valence-electron chi connectivity index (χ3n) is 2.04. The smallest absolute Gasteiger partial charge is 0.391 e. The van der Waals surface area contributed by atoms with Gasteiger partial charge in [0.05, 0.1) is 18.8 Å². The van der Waals surface area contributed by atoms with E-state index in [9.17, 15) is 13.2 Å². The molecule has 0 bridgehead atoms. The standard InChI is InChI=1S/C12H11F3O2/c13-12(14,15)11-3-1-2-9(6-11)4-5-10(7-16)8-17/h1-4,6,16-17H,7-8H2. The summed E-state index contributed by atoms with van der Waals surface area (Å²) in [5.41, 5.74) is 2.31. The molecule has 0 saturated carbocycles. The van der Waals surface area contributed by atoms with Crippen LogP contribution < -0.4 is 0 Å². The molecule has 0 amide bonds. The summed E-state index contributed by atoms with van der Waals surface area (Å²) in [7, 11) is 0. The van der Waals surface area contributed by atoms with Crippen molar-refractivity contribution in [1.82, 2.24) is 0 Å². The van der Waals surface area contributed by atoms with E-state index in [0.29, 0.717) is 5.56 Å². The van der Waals surface area contributed by atoms with Gasteiger partial charge in [0.15, 0.2) is 0 Å². The molecule has 0 aliphatic heterocycles. The van der Waals surface area contributed by atoms with Gasteiger partial charge in [-0.05, 0) is 23.8 Å². The van der Waals surface area contributed by atoms with Crippen LogP contribution in [0.5, 0.6) is 0 Å². The molecule has 0 spiro atoms. The van der Waals surface area contributed by atoms with Gasteiger partial charge in [-0.2, -0.15) is 13.2 Å². The van der Waals surface area contributed by atoms with Gasteiger partial charge in [-0.25, -0.2) is 0 Å². The van der Waals surface area contributed by atoms with Gasteiger partial charge < -0.3 is 10.2 Å². The molecule has 1 aromatic carbocycles. The van der Waals surface area contributed by atoms with E-state index >= 15 is 0 Å². The monoisotopic (exact) mass is 244 g/mol. The topological polar surface area (TPSA) is 40.5 Å². The van der Waals surface area contributed by atoms with Crippen LogP contribution in [0.15, 0.2) is 35.6 Å².